The number of hydrogen-bond donors (Lipinski definition) is 0. The molecular formula is C20H28N2S. The number of rotatable bonds is 4. The van der Waals surface area contributed by atoms with Gasteiger partial charge in [-0.15, -0.1) is 0 Å². The van der Waals surface area contributed by atoms with Gasteiger partial charge in [0.1, 0.15) is 0 Å². The lowest BCUT2D eigenvalue weighted by Gasteiger charge is -2.47. The summed E-state index contributed by atoms with van der Waals surface area (Å²) in [6.07, 6.45) is 8.51. The van der Waals surface area contributed by atoms with Crippen LogP contribution in [0.2, 0.25) is 0 Å². The molecule has 0 saturated carbocycles. The molecule has 23 heavy (non-hydrogen) atoms. The van der Waals surface area contributed by atoms with Crippen LogP contribution < -0.4 is 0 Å². The molecule has 0 N–H and O–H groups in total. The lowest BCUT2D eigenvalue weighted by atomic mass is 9.72. The zero-order valence-corrected chi connectivity index (χ0v) is 15.4. The van der Waals surface area contributed by atoms with Crippen LogP contribution in [-0.2, 0) is 13.5 Å². The summed E-state index contributed by atoms with van der Waals surface area (Å²) < 4.78 is 2.33. The Balaban J connectivity index is 1.78. The van der Waals surface area contributed by atoms with Crippen LogP contribution in [-0.4, -0.2) is 40.6 Å². The van der Waals surface area contributed by atoms with E-state index < -0.39 is 0 Å². The number of aromatic nitrogens is 1. The van der Waals surface area contributed by atoms with Crippen LogP contribution in [0.1, 0.15) is 36.8 Å². The van der Waals surface area contributed by atoms with Gasteiger partial charge in [0.2, 0.25) is 0 Å². The van der Waals surface area contributed by atoms with Gasteiger partial charge in [-0.25, -0.2) is 0 Å². The summed E-state index contributed by atoms with van der Waals surface area (Å²) in [4.78, 5) is 2.81. The van der Waals surface area contributed by atoms with E-state index in [1.807, 2.05) is 11.8 Å². The standard InChI is InChI=1S/C20H28N2S/c1-4-8-22-11-14(13-23-3)9-17-16-6-5-7-18-20(16)15(10-19(17)22)12-21(18)2/h5-7,12,14,17,19H,4,8-11,13H2,1-3H3/t14-,17-,19-/m1/s1. The maximum Gasteiger partial charge on any atom is 0.0483 e. The van der Waals surface area contributed by atoms with Gasteiger partial charge < -0.3 is 4.57 Å². The highest BCUT2D eigenvalue weighted by Gasteiger charge is 2.40. The fraction of sp³-hybridized carbons (Fsp3) is 0.600. The lowest BCUT2D eigenvalue weighted by Crippen LogP contribution is -2.50. The van der Waals surface area contributed by atoms with Crippen LogP contribution in [0.4, 0.5) is 0 Å². The summed E-state index contributed by atoms with van der Waals surface area (Å²) in [5.41, 5.74) is 4.62. The van der Waals surface area contributed by atoms with Gasteiger partial charge in [-0.05, 0) is 60.9 Å². The Morgan fingerprint density at radius 2 is 2.17 bits per heavy atom. The molecule has 3 atom stereocenters. The normalized spacial score (nSPS) is 27.3. The average Bonchev–Trinajstić information content (AvgIpc) is 2.87. The molecule has 1 aliphatic carbocycles. The van der Waals surface area contributed by atoms with Gasteiger partial charge in [0.05, 0.1) is 0 Å². The molecule has 2 heterocycles. The zero-order valence-electron chi connectivity index (χ0n) is 14.6. The van der Waals surface area contributed by atoms with E-state index in [9.17, 15) is 0 Å². The van der Waals surface area contributed by atoms with Crippen LogP contribution in [0.5, 0.6) is 0 Å². The van der Waals surface area contributed by atoms with Gasteiger partial charge in [-0.2, -0.15) is 11.8 Å². The second-order valence-electron chi connectivity index (χ2n) is 7.44. The highest BCUT2D eigenvalue weighted by atomic mass is 32.2. The van der Waals surface area contributed by atoms with Crippen molar-refractivity contribution >= 4 is 22.7 Å². The largest absolute Gasteiger partial charge is 0.350 e. The van der Waals surface area contributed by atoms with Crippen LogP contribution >= 0.6 is 11.8 Å². The first kappa shape index (κ1) is 15.6. The van der Waals surface area contributed by atoms with Crippen molar-refractivity contribution in [3.05, 3.63) is 35.5 Å². The van der Waals surface area contributed by atoms with Crippen molar-refractivity contribution in [2.24, 2.45) is 13.0 Å². The van der Waals surface area contributed by atoms with Crippen molar-refractivity contribution in [3.8, 4) is 0 Å². The fourth-order valence-corrected chi connectivity index (χ4v) is 5.79. The Morgan fingerprint density at radius 1 is 1.30 bits per heavy atom. The molecule has 0 unspecified atom stereocenters. The molecule has 2 aliphatic rings. The minimum Gasteiger partial charge on any atom is -0.350 e. The zero-order chi connectivity index (χ0) is 16.0. The number of piperidine rings is 1. The van der Waals surface area contributed by atoms with Crippen molar-refractivity contribution in [2.45, 2.75) is 38.1 Å². The van der Waals surface area contributed by atoms with E-state index in [1.165, 1.54) is 43.6 Å². The monoisotopic (exact) mass is 328 g/mol. The first-order valence-corrected chi connectivity index (χ1v) is 10.4. The quantitative estimate of drug-likeness (QED) is 0.827. The predicted octanol–water partition coefficient (Wildman–Crippen LogP) is 4.28. The van der Waals surface area contributed by atoms with Crippen molar-refractivity contribution < 1.29 is 0 Å². The molecule has 1 saturated heterocycles. The van der Waals surface area contributed by atoms with Gasteiger partial charge >= 0.3 is 0 Å². The Morgan fingerprint density at radius 3 is 2.96 bits per heavy atom. The molecule has 2 aromatic rings. The van der Waals surface area contributed by atoms with Crippen LogP contribution in [0, 0.1) is 5.92 Å². The van der Waals surface area contributed by atoms with Crippen molar-refractivity contribution in [1.82, 2.24) is 9.47 Å². The van der Waals surface area contributed by atoms with Gasteiger partial charge in [0.15, 0.2) is 0 Å². The molecule has 1 fully saturated rings. The molecule has 4 rings (SSSR count). The van der Waals surface area contributed by atoms with Crippen LogP contribution in [0.3, 0.4) is 0 Å². The van der Waals surface area contributed by atoms with E-state index in [2.05, 4.69) is 54.1 Å². The summed E-state index contributed by atoms with van der Waals surface area (Å²) in [5, 5.41) is 1.57. The van der Waals surface area contributed by atoms with Gasteiger partial charge in [-0.1, -0.05) is 19.1 Å². The molecule has 0 bridgehead atoms. The molecule has 0 spiro atoms. The molecule has 3 heteroatoms. The average molecular weight is 329 g/mol. The second-order valence-corrected chi connectivity index (χ2v) is 8.35. The van der Waals surface area contributed by atoms with Gasteiger partial charge in [-0.3, -0.25) is 4.90 Å². The number of nitrogens with zero attached hydrogens (tertiary/aromatic N) is 2. The topological polar surface area (TPSA) is 8.17 Å². The molecule has 1 aliphatic heterocycles. The fourth-order valence-electron chi connectivity index (χ4n) is 5.08. The Bertz CT molecular complexity index is 705. The highest BCUT2D eigenvalue weighted by molar-refractivity contribution is 7.98. The first-order chi connectivity index (χ1) is 11.2. The third-order valence-corrected chi connectivity index (χ3v) is 6.69. The summed E-state index contributed by atoms with van der Waals surface area (Å²) in [6.45, 7) is 4.88. The molecular weight excluding hydrogens is 300 g/mol. The number of likely N-dealkylation sites (tertiary alicyclic amines) is 1. The molecule has 0 radical (unpaired) electrons. The number of hydrogen-bond acceptors (Lipinski definition) is 2. The van der Waals surface area contributed by atoms with Gasteiger partial charge in [0.25, 0.3) is 0 Å². The summed E-state index contributed by atoms with van der Waals surface area (Å²) in [7, 11) is 2.20. The number of fused-ring (bicyclic) bond motifs is 2. The Hall–Kier alpha value is -0.930. The summed E-state index contributed by atoms with van der Waals surface area (Å²) in [6, 6.07) is 7.68. The van der Waals surface area contributed by atoms with Gasteiger partial charge in [0, 0.05) is 42.7 Å². The number of thioether (sulfide) groups is 1. The first-order valence-electron chi connectivity index (χ1n) is 9.02. The van der Waals surface area contributed by atoms with E-state index in [0.29, 0.717) is 6.04 Å². The summed E-state index contributed by atoms with van der Waals surface area (Å²) in [5.74, 6) is 2.88. The SMILES string of the molecule is CCCN1C[C@H](CSC)C[C@@H]2c3cccc4c3c(cn4C)C[C@H]21. The Labute approximate surface area is 144 Å². The third kappa shape index (κ3) is 2.53. The van der Waals surface area contributed by atoms with Crippen LogP contribution in [0.15, 0.2) is 24.4 Å². The smallest absolute Gasteiger partial charge is 0.0483 e. The predicted molar refractivity (Wildman–Crippen MR) is 102 cm³/mol. The minimum atomic E-state index is 0.716. The van der Waals surface area contributed by atoms with E-state index in [0.717, 1.165) is 11.8 Å². The number of aryl methyl sites for hydroxylation is 1. The van der Waals surface area contributed by atoms with E-state index >= 15 is 0 Å². The van der Waals surface area contributed by atoms with Crippen LogP contribution in [0.25, 0.3) is 10.9 Å². The lowest BCUT2D eigenvalue weighted by molar-refractivity contribution is 0.0926. The molecule has 124 valence electrons. The van der Waals surface area contributed by atoms with Crippen molar-refractivity contribution in [1.29, 1.82) is 0 Å². The van der Waals surface area contributed by atoms with Crippen molar-refractivity contribution in [3.63, 3.8) is 0 Å². The molecule has 2 nitrogen and oxygen atoms in total. The maximum atomic E-state index is 2.81. The molecule has 1 aromatic carbocycles. The molecule has 0 amide bonds. The van der Waals surface area contributed by atoms with E-state index in [-0.39, 0.29) is 0 Å². The van der Waals surface area contributed by atoms with E-state index in [4.69, 9.17) is 0 Å². The minimum absolute atomic E-state index is 0.716. The van der Waals surface area contributed by atoms with Crippen molar-refractivity contribution in [2.75, 3.05) is 25.1 Å². The maximum absolute atomic E-state index is 2.81. The second kappa shape index (κ2) is 6.18. The number of benzene rings is 1. The summed E-state index contributed by atoms with van der Waals surface area (Å²) >= 11 is 2.02. The highest BCUT2D eigenvalue weighted by Crippen LogP contribution is 2.45. The van der Waals surface area contributed by atoms with E-state index in [1.54, 1.807) is 16.5 Å². The molecule has 1 aromatic heterocycles. The Kier molecular flexibility index (Phi) is 4.19. The third-order valence-electron chi connectivity index (χ3n) is 5.88.